The third kappa shape index (κ3) is 3.80. The van der Waals surface area contributed by atoms with Crippen LogP contribution in [0.5, 0.6) is 0 Å². The summed E-state index contributed by atoms with van der Waals surface area (Å²) >= 11 is 6.02. The highest BCUT2D eigenvalue weighted by Crippen LogP contribution is 2.29. The lowest BCUT2D eigenvalue weighted by atomic mass is 9.91. The summed E-state index contributed by atoms with van der Waals surface area (Å²) in [4.78, 5) is 38.1. The van der Waals surface area contributed by atoms with Gasteiger partial charge in [-0.3, -0.25) is 14.5 Å². The Labute approximate surface area is 162 Å². The van der Waals surface area contributed by atoms with Crippen molar-refractivity contribution in [1.82, 2.24) is 10.2 Å². The topological polar surface area (TPSA) is 75.7 Å². The Morgan fingerprint density at radius 3 is 2.48 bits per heavy atom. The number of nitrogens with zero attached hydrogens (tertiary/aromatic N) is 1. The molecule has 0 bridgehead atoms. The van der Waals surface area contributed by atoms with Crippen LogP contribution in [-0.2, 0) is 26.5 Å². The van der Waals surface area contributed by atoms with Gasteiger partial charge in [-0.1, -0.05) is 59.6 Å². The highest BCUT2D eigenvalue weighted by atomic mass is 35.5. The average molecular weight is 387 g/mol. The van der Waals surface area contributed by atoms with Gasteiger partial charge in [0.05, 0.1) is 0 Å². The predicted octanol–water partition coefficient (Wildman–Crippen LogP) is 3.16. The lowest BCUT2D eigenvalue weighted by molar-refractivity contribution is -0.148. The van der Waals surface area contributed by atoms with Gasteiger partial charge in [0.25, 0.3) is 5.91 Å². The van der Waals surface area contributed by atoms with Gasteiger partial charge in [0.1, 0.15) is 18.7 Å². The molecule has 0 radical (unpaired) electrons. The first kappa shape index (κ1) is 18.9. The molecule has 1 atom stereocenters. The van der Waals surface area contributed by atoms with Gasteiger partial charge in [-0.25, -0.2) is 4.79 Å². The molecular weight excluding hydrogens is 368 g/mol. The maximum atomic E-state index is 12.8. The van der Waals surface area contributed by atoms with E-state index < -0.39 is 30.0 Å². The van der Waals surface area contributed by atoms with Crippen LogP contribution in [0.25, 0.3) is 0 Å². The molecule has 0 spiro atoms. The van der Waals surface area contributed by atoms with Crippen LogP contribution >= 0.6 is 11.6 Å². The number of amides is 3. The molecule has 3 amide bonds. The maximum Gasteiger partial charge on any atom is 0.326 e. The second kappa shape index (κ2) is 7.40. The van der Waals surface area contributed by atoms with Crippen molar-refractivity contribution in [3.63, 3.8) is 0 Å². The standard InChI is InChI=1S/C20H19ClN2O4/c1-13-7-9-15(10-8-13)20(2)18(25)23(19(26)22-20)11-17(24)27-12-14-5-3-4-6-16(14)21/h3-10H,11-12H2,1-2H3,(H,22,26)/t20-/m1/s1. The Morgan fingerprint density at radius 1 is 1.15 bits per heavy atom. The van der Waals surface area contributed by atoms with Crippen LogP contribution < -0.4 is 5.32 Å². The van der Waals surface area contributed by atoms with Crippen molar-refractivity contribution >= 4 is 29.5 Å². The summed E-state index contributed by atoms with van der Waals surface area (Å²) in [6.07, 6.45) is 0. The lowest BCUT2D eigenvalue weighted by Crippen LogP contribution is -2.41. The number of imide groups is 1. The summed E-state index contributed by atoms with van der Waals surface area (Å²) in [6, 6.07) is 13.6. The van der Waals surface area contributed by atoms with E-state index in [1.54, 1.807) is 43.3 Å². The molecule has 27 heavy (non-hydrogen) atoms. The van der Waals surface area contributed by atoms with Crippen molar-refractivity contribution in [3.8, 4) is 0 Å². The first-order chi connectivity index (χ1) is 12.8. The highest BCUT2D eigenvalue weighted by Gasteiger charge is 2.49. The van der Waals surface area contributed by atoms with Gasteiger partial charge < -0.3 is 10.1 Å². The number of aryl methyl sites for hydroxylation is 1. The van der Waals surface area contributed by atoms with Crippen molar-refractivity contribution in [2.75, 3.05) is 6.54 Å². The summed E-state index contributed by atoms with van der Waals surface area (Å²) in [5.74, 6) is -1.18. The quantitative estimate of drug-likeness (QED) is 0.632. The van der Waals surface area contributed by atoms with Crippen molar-refractivity contribution < 1.29 is 19.1 Å². The smallest absolute Gasteiger partial charge is 0.326 e. The third-order valence-corrected chi connectivity index (χ3v) is 4.91. The number of ether oxygens (including phenoxy) is 1. The van der Waals surface area contributed by atoms with Crippen LogP contribution in [0.3, 0.4) is 0 Å². The molecule has 0 aromatic heterocycles. The Hall–Kier alpha value is -2.86. The first-order valence-electron chi connectivity index (χ1n) is 8.41. The third-order valence-electron chi connectivity index (χ3n) is 4.54. The van der Waals surface area contributed by atoms with Gasteiger partial charge in [-0.05, 0) is 25.5 Å². The summed E-state index contributed by atoms with van der Waals surface area (Å²) in [6.45, 7) is 3.06. The van der Waals surface area contributed by atoms with E-state index in [-0.39, 0.29) is 6.61 Å². The number of hydrogen-bond donors (Lipinski definition) is 1. The van der Waals surface area contributed by atoms with Crippen LogP contribution in [-0.4, -0.2) is 29.4 Å². The van der Waals surface area contributed by atoms with E-state index in [0.29, 0.717) is 16.1 Å². The first-order valence-corrected chi connectivity index (χ1v) is 8.79. The van der Waals surface area contributed by atoms with Crippen molar-refractivity contribution in [3.05, 3.63) is 70.2 Å². The van der Waals surface area contributed by atoms with Gasteiger partial charge in [-0.2, -0.15) is 0 Å². The molecule has 1 N–H and O–H groups in total. The minimum atomic E-state index is -1.21. The Morgan fingerprint density at radius 2 is 1.81 bits per heavy atom. The van der Waals surface area contributed by atoms with Crippen LogP contribution in [0, 0.1) is 6.92 Å². The zero-order valence-electron chi connectivity index (χ0n) is 15.0. The molecule has 7 heteroatoms. The molecule has 140 valence electrons. The number of esters is 1. The van der Waals surface area contributed by atoms with Crippen LogP contribution in [0.4, 0.5) is 4.79 Å². The predicted molar refractivity (Wildman–Crippen MR) is 100 cm³/mol. The summed E-state index contributed by atoms with van der Waals surface area (Å²) in [5.41, 5.74) is 1.13. The molecule has 1 heterocycles. The number of carbonyl (C=O) groups excluding carboxylic acids is 3. The zero-order valence-corrected chi connectivity index (χ0v) is 15.7. The van der Waals surface area contributed by atoms with Gasteiger partial charge in [0, 0.05) is 10.6 Å². The SMILES string of the molecule is Cc1ccc([C@@]2(C)NC(=O)N(CC(=O)OCc3ccccc3Cl)C2=O)cc1. The van der Waals surface area contributed by atoms with Gasteiger partial charge in [0.2, 0.25) is 0 Å². The number of halogens is 1. The largest absolute Gasteiger partial charge is 0.459 e. The summed E-state index contributed by atoms with van der Waals surface area (Å²) in [7, 11) is 0. The second-order valence-electron chi connectivity index (χ2n) is 6.56. The molecule has 1 aliphatic heterocycles. The molecule has 0 saturated carbocycles. The lowest BCUT2D eigenvalue weighted by Gasteiger charge is -2.22. The molecule has 2 aromatic carbocycles. The molecule has 1 aliphatic rings. The van der Waals surface area contributed by atoms with Crippen LogP contribution in [0.15, 0.2) is 48.5 Å². The number of nitrogens with one attached hydrogen (secondary N) is 1. The van der Waals surface area contributed by atoms with E-state index in [9.17, 15) is 14.4 Å². The van der Waals surface area contributed by atoms with E-state index in [0.717, 1.165) is 10.5 Å². The number of urea groups is 1. The molecule has 2 aromatic rings. The van der Waals surface area contributed by atoms with Crippen molar-refractivity contribution in [1.29, 1.82) is 0 Å². The van der Waals surface area contributed by atoms with E-state index in [4.69, 9.17) is 16.3 Å². The minimum absolute atomic E-state index is 0.0304. The van der Waals surface area contributed by atoms with E-state index >= 15 is 0 Å². The number of hydrogen-bond acceptors (Lipinski definition) is 4. The Balaban J connectivity index is 1.67. The molecule has 1 fully saturated rings. The summed E-state index contributed by atoms with van der Waals surface area (Å²) in [5, 5.41) is 3.14. The van der Waals surface area contributed by atoms with E-state index in [1.165, 1.54) is 0 Å². The highest BCUT2D eigenvalue weighted by molar-refractivity contribution is 6.31. The molecule has 3 rings (SSSR count). The van der Waals surface area contributed by atoms with Gasteiger partial charge >= 0.3 is 12.0 Å². The maximum absolute atomic E-state index is 12.8. The molecule has 6 nitrogen and oxygen atoms in total. The zero-order chi connectivity index (χ0) is 19.6. The minimum Gasteiger partial charge on any atom is -0.459 e. The molecular formula is C20H19ClN2O4. The molecule has 1 saturated heterocycles. The molecule has 0 aliphatic carbocycles. The fourth-order valence-corrected chi connectivity index (χ4v) is 3.06. The number of benzene rings is 2. The van der Waals surface area contributed by atoms with Gasteiger partial charge in [-0.15, -0.1) is 0 Å². The van der Waals surface area contributed by atoms with E-state index in [1.807, 2.05) is 19.1 Å². The van der Waals surface area contributed by atoms with Crippen molar-refractivity contribution in [2.45, 2.75) is 26.0 Å². The van der Waals surface area contributed by atoms with Crippen LogP contribution in [0.2, 0.25) is 5.02 Å². The van der Waals surface area contributed by atoms with Crippen molar-refractivity contribution in [2.24, 2.45) is 0 Å². The number of carbonyl (C=O) groups is 3. The Kier molecular flexibility index (Phi) is 5.19. The summed E-state index contributed by atoms with van der Waals surface area (Å²) < 4.78 is 5.16. The fraction of sp³-hybridized carbons (Fsp3) is 0.250. The fourth-order valence-electron chi connectivity index (χ4n) is 2.87. The van der Waals surface area contributed by atoms with Gasteiger partial charge in [0.15, 0.2) is 0 Å². The average Bonchev–Trinajstić information content (AvgIpc) is 2.85. The van der Waals surface area contributed by atoms with Crippen LogP contribution in [0.1, 0.15) is 23.6 Å². The normalized spacial score (nSPS) is 19.1. The number of rotatable bonds is 5. The second-order valence-corrected chi connectivity index (χ2v) is 6.97. The Bertz CT molecular complexity index is 897. The molecule has 0 unspecified atom stereocenters. The van der Waals surface area contributed by atoms with E-state index in [2.05, 4.69) is 5.32 Å². The monoisotopic (exact) mass is 386 g/mol.